The van der Waals surface area contributed by atoms with Crippen molar-refractivity contribution in [2.24, 2.45) is 11.8 Å². The minimum atomic E-state index is -4.02. The molecule has 234 valence electrons. The first-order valence-corrected chi connectivity index (χ1v) is 16.7. The summed E-state index contributed by atoms with van der Waals surface area (Å²) >= 11 is 0. The fourth-order valence-electron chi connectivity index (χ4n) is 5.12. The summed E-state index contributed by atoms with van der Waals surface area (Å²) < 4.78 is 59.1. The van der Waals surface area contributed by atoms with Crippen LogP contribution in [0.2, 0.25) is 0 Å². The van der Waals surface area contributed by atoms with Crippen molar-refractivity contribution in [3.8, 4) is 17.0 Å². The minimum Gasteiger partial charge on any atom is -0.508 e. The second-order valence-electron chi connectivity index (χ2n) is 11.0. The highest BCUT2D eigenvalue weighted by Gasteiger charge is 2.39. The SMILES string of the molecule is CN1CC2CN(c3ccc(-c4ccc(O)cc4)nn3)CC2C1.Cc1ccc(S(=O)(=O)O)cc1.Cc1ccc(S(=O)(=O)O)cc1. The topological polar surface area (TPSA) is 161 Å². The molecule has 6 rings (SSSR count). The summed E-state index contributed by atoms with van der Waals surface area (Å²) in [6.45, 7) is 8.24. The van der Waals surface area contributed by atoms with Gasteiger partial charge in [-0.25, -0.2) is 0 Å². The molecule has 0 amide bonds. The number of aryl methyl sites for hydroxylation is 2. The smallest absolute Gasteiger partial charge is 0.294 e. The standard InChI is InChI=1S/C17H20N4O.2C7H8O3S/c1-20-8-13-10-21(11-14(13)9-20)17-7-6-16(18-19-17)12-2-4-15(22)5-3-12;2*1-6-2-4-7(5-3-6)11(8,9)10/h2-7,13-14,22H,8-11H2,1H3;2*2-5H,1H3,(H,8,9,10). The molecular weight excluding hydrogens is 604 g/mol. The van der Waals surface area contributed by atoms with Crippen molar-refractivity contribution >= 4 is 26.1 Å². The van der Waals surface area contributed by atoms with Crippen LogP contribution in [0.15, 0.2) is 94.7 Å². The van der Waals surface area contributed by atoms with Crippen molar-refractivity contribution in [1.29, 1.82) is 0 Å². The first-order chi connectivity index (χ1) is 20.7. The van der Waals surface area contributed by atoms with Gasteiger partial charge >= 0.3 is 0 Å². The highest BCUT2D eigenvalue weighted by molar-refractivity contribution is 7.86. The summed E-state index contributed by atoms with van der Waals surface area (Å²) in [6.07, 6.45) is 0. The van der Waals surface area contributed by atoms with E-state index in [4.69, 9.17) is 9.11 Å². The molecule has 3 heterocycles. The van der Waals surface area contributed by atoms with Crippen LogP contribution in [0.1, 0.15) is 11.1 Å². The number of fused-ring (bicyclic) bond motifs is 1. The van der Waals surface area contributed by atoms with Crippen LogP contribution in [0.25, 0.3) is 11.3 Å². The van der Waals surface area contributed by atoms with Crippen molar-refractivity contribution in [1.82, 2.24) is 15.1 Å². The Bertz CT molecular complexity index is 1660. The molecule has 2 fully saturated rings. The molecule has 2 saturated heterocycles. The lowest BCUT2D eigenvalue weighted by Crippen LogP contribution is -2.27. The van der Waals surface area contributed by atoms with E-state index in [0.29, 0.717) is 0 Å². The van der Waals surface area contributed by atoms with Crippen molar-refractivity contribution in [3.05, 3.63) is 96.1 Å². The molecule has 11 nitrogen and oxygen atoms in total. The minimum absolute atomic E-state index is 0.0666. The molecule has 2 unspecified atom stereocenters. The molecule has 2 aliphatic heterocycles. The zero-order valence-electron chi connectivity index (χ0n) is 24.6. The molecule has 1 aromatic heterocycles. The van der Waals surface area contributed by atoms with Crippen LogP contribution in [0, 0.1) is 25.7 Å². The summed E-state index contributed by atoms with van der Waals surface area (Å²) in [5.74, 6) is 2.77. The highest BCUT2D eigenvalue weighted by atomic mass is 32.2. The van der Waals surface area contributed by atoms with Crippen LogP contribution in [0.4, 0.5) is 5.82 Å². The summed E-state index contributed by atoms with van der Waals surface area (Å²) in [4.78, 5) is 4.65. The van der Waals surface area contributed by atoms with Crippen molar-refractivity contribution < 1.29 is 31.0 Å². The number of phenolic OH excluding ortho intramolecular Hbond substituents is 1. The summed E-state index contributed by atoms with van der Waals surface area (Å²) in [6, 6.07) is 23.1. The number of phenols is 1. The van der Waals surface area contributed by atoms with E-state index >= 15 is 0 Å². The molecule has 0 spiro atoms. The Morgan fingerprint density at radius 2 is 1.09 bits per heavy atom. The maximum atomic E-state index is 10.5. The van der Waals surface area contributed by atoms with E-state index in [1.807, 2.05) is 32.0 Å². The predicted octanol–water partition coefficient (Wildman–Crippen LogP) is 4.33. The molecule has 2 atom stereocenters. The molecule has 0 radical (unpaired) electrons. The van der Waals surface area contributed by atoms with Crippen LogP contribution in [-0.2, 0) is 20.2 Å². The third-order valence-electron chi connectivity index (χ3n) is 7.44. The van der Waals surface area contributed by atoms with Gasteiger partial charge in [0.05, 0.1) is 15.5 Å². The Hall–Kier alpha value is -3.88. The van der Waals surface area contributed by atoms with Crippen LogP contribution in [0.5, 0.6) is 5.75 Å². The lowest BCUT2D eigenvalue weighted by Gasteiger charge is -2.19. The van der Waals surface area contributed by atoms with Gasteiger partial charge < -0.3 is 14.9 Å². The fourth-order valence-corrected chi connectivity index (χ4v) is 6.08. The number of likely N-dealkylation sites (tertiary alicyclic amines) is 1. The van der Waals surface area contributed by atoms with Gasteiger partial charge in [-0.2, -0.15) is 16.8 Å². The fraction of sp³-hybridized carbons (Fsp3) is 0.290. The Balaban J connectivity index is 0.000000169. The quantitative estimate of drug-likeness (QED) is 0.272. The number of benzene rings is 3. The maximum Gasteiger partial charge on any atom is 0.294 e. The molecule has 3 N–H and O–H groups in total. The van der Waals surface area contributed by atoms with Crippen molar-refractivity contribution in [2.75, 3.05) is 38.1 Å². The number of anilines is 1. The second kappa shape index (κ2) is 13.8. The molecule has 4 aromatic rings. The van der Waals surface area contributed by atoms with Gasteiger partial charge in [0.15, 0.2) is 5.82 Å². The highest BCUT2D eigenvalue weighted by Crippen LogP contribution is 2.32. The maximum absolute atomic E-state index is 10.5. The van der Waals surface area contributed by atoms with E-state index < -0.39 is 20.2 Å². The molecule has 3 aromatic carbocycles. The number of aromatic nitrogens is 2. The lowest BCUT2D eigenvalue weighted by atomic mass is 10.0. The Labute approximate surface area is 258 Å². The molecule has 2 aliphatic rings. The van der Waals surface area contributed by atoms with Gasteiger partial charge in [0.1, 0.15) is 5.75 Å². The third kappa shape index (κ3) is 9.07. The summed E-state index contributed by atoms with van der Waals surface area (Å²) in [5.41, 5.74) is 3.72. The molecule has 0 aliphatic carbocycles. The number of hydrogen-bond donors (Lipinski definition) is 3. The number of rotatable bonds is 4. The Morgan fingerprint density at radius 3 is 1.48 bits per heavy atom. The zero-order chi connectivity index (χ0) is 32.1. The Kier molecular flexibility index (Phi) is 10.4. The van der Waals surface area contributed by atoms with Gasteiger partial charge in [0.2, 0.25) is 0 Å². The van der Waals surface area contributed by atoms with E-state index in [1.54, 1.807) is 36.4 Å². The van der Waals surface area contributed by atoms with Gasteiger partial charge in [-0.15, -0.1) is 10.2 Å². The lowest BCUT2D eigenvalue weighted by molar-refractivity contribution is 0.387. The normalized spacial score (nSPS) is 18.1. The van der Waals surface area contributed by atoms with Crippen LogP contribution < -0.4 is 4.90 Å². The molecule has 0 saturated carbocycles. The van der Waals surface area contributed by atoms with E-state index in [2.05, 4.69) is 33.1 Å². The first kappa shape index (κ1) is 33.0. The van der Waals surface area contributed by atoms with E-state index in [-0.39, 0.29) is 15.5 Å². The van der Waals surface area contributed by atoms with E-state index in [0.717, 1.165) is 53.1 Å². The van der Waals surface area contributed by atoms with Gasteiger partial charge in [-0.05, 0) is 93.4 Å². The predicted molar refractivity (Wildman–Crippen MR) is 168 cm³/mol. The van der Waals surface area contributed by atoms with Crippen LogP contribution in [0.3, 0.4) is 0 Å². The number of nitrogens with zero attached hydrogens (tertiary/aromatic N) is 4. The number of hydrogen-bond acceptors (Lipinski definition) is 9. The molecule has 0 bridgehead atoms. The van der Waals surface area contributed by atoms with E-state index in [1.165, 1.54) is 37.4 Å². The van der Waals surface area contributed by atoms with Gasteiger partial charge in [-0.3, -0.25) is 9.11 Å². The average Bonchev–Trinajstić information content (AvgIpc) is 3.51. The monoisotopic (exact) mass is 640 g/mol. The Morgan fingerprint density at radius 1 is 0.636 bits per heavy atom. The van der Waals surface area contributed by atoms with Crippen LogP contribution >= 0.6 is 0 Å². The van der Waals surface area contributed by atoms with Crippen LogP contribution in [-0.4, -0.2) is 79.4 Å². The number of aromatic hydroxyl groups is 1. The largest absolute Gasteiger partial charge is 0.508 e. The molecule has 44 heavy (non-hydrogen) atoms. The average molecular weight is 641 g/mol. The second-order valence-corrected chi connectivity index (χ2v) is 13.9. The van der Waals surface area contributed by atoms with Gasteiger partial charge in [0, 0.05) is 31.7 Å². The van der Waals surface area contributed by atoms with Gasteiger partial charge in [0.25, 0.3) is 20.2 Å². The molecular formula is C31H36N4O7S2. The summed E-state index contributed by atoms with van der Waals surface area (Å²) in [7, 11) is -5.84. The molecule has 13 heteroatoms. The zero-order valence-corrected chi connectivity index (χ0v) is 26.3. The third-order valence-corrected chi connectivity index (χ3v) is 9.18. The first-order valence-electron chi connectivity index (χ1n) is 13.8. The summed E-state index contributed by atoms with van der Waals surface area (Å²) in [5, 5.41) is 18.1. The van der Waals surface area contributed by atoms with Crippen molar-refractivity contribution in [2.45, 2.75) is 23.6 Å². The van der Waals surface area contributed by atoms with Crippen molar-refractivity contribution in [3.63, 3.8) is 0 Å². The van der Waals surface area contributed by atoms with E-state index in [9.17, 15) is 21.9 Å². The van der Waals surface area contributed by atoms with Gasteiger partial charge in [-0.1, -0.05) is 35.4 Å².